The predicted octanol–water partition coefficient (Wildman–Crippen LogP) is 2.02. The second-order valence-electron chi connectivity index (χ2n) is 5.91. The van der Waals surface area contributed by atoms with Gasteiger partial charge in [0.25, 0.3) is 0 Å². The number of carbonyl (C=O) groups is 1. The number of para-hydroxylation sites is 2. The molecule has 0 fully saturated rings. The lowest BCUT2D eigenvalue weighted by molar-refractivity contribution is -0.118. The van der Waals surface area contributed by atoms with Gasteiger partial charge in [-0.15, -0.1) is 0 Å². The van der Waals surface area contributed by atoms with E-state index in [9.17, 15) is 13.2 Å². The molecule has 140 valence electrons. The SMILES string of the molecule is COc1ccccc1NC(=O)[C@@H](C)N[C@@H](C)c1ccc(S(N)(=O)=O)cc1. The highest BCUT2D eigenvalue weighted by atomic mass is 32.2. The average Bonchev–Trinajstić information content (AvgIpc) is 2.61. The Bertz CT molecular complexity index is 866. The van der Waals surface area contributed by atoms with E-state index in [0.717, 1.165) is 5.56 Å². The maximum absolute atomic E-state index is 12.4. The number of nitrogens with two attached hydrogens (primary N) is 1. The average molecular weight is 377 g/mol. The molecule has 4 N–H and O–H groups in total. The van der Waals surface area contributed by atoms with E-state index >= 15 is 0 Å². The Balaban J connectivity index is 2.01. The molecule has 1 amide bonds. The van der Waals surface area contributed by atoms with Crippen LogP contribution in [0.4, 0.5) is 5.69 Å². The minimum Gasteiger partial charge on any atom is -0.495 e. The molecule has 2 aromatic carbocycles. The second-order valence-corrected chi connectivity index (χ2v) is 7.48. The van der Waals surface area contributed by atoms with E-state index in [1.54, 1.807) is 38.3 Å². The summed E-state index contributed by atoms with van der Waals surface area (Å²) in [5.41, 5.74) is 1.44. The topological polar surface area (TPSA) is 111 Å². The monoisotopic (exact) mass is 377 g/mol. The van der Waals surface area contributed by atoms with Crippen molar-refractivity contribution in [2.45, 2.75) is 30.8 Å². The van der Waals surface area contributed by atoms with E-state index in [1.165, 1.54) is 12.1 Å². The molecule has 0 radical (unpaired) electrons. The van der Waals surface area contributed by atoms with Crippen LogP contribution in [0.2, 0.25) is 0 Å². The Labute approximate surface area is 153 Å². The van der Waals surface area contributed by atoms with Crippen molar-refractivity contribution in [1.82, 2.24) is 5.32 Å². The predicted molar refractivity (Wildman–Crippen MR) is 100 cm³/mol. The molecule has 0 aliphatic carbocycles. The van der Waals surface area contributed by atoms with Crippen LogP contribution in [0.3, 0.4) is 0 Å². The summed E-state index contributed by atoms with van der Waals surface area (Å²) >= 11 is 0. The lowest BCUT2D eigenvalue weighted by atomic mass is 10.1. The van der Waals surface area contributed by atoms with E-state index in [-0.39, 0.29) is 16.8 Å². The molecular weight excluding hydrogens is 354 g/mol. The number of sulfonamides is 1. The van der Waals surface area contributed by atoms with Crippen LogP contribution in [0.5, 0.6) is 5.75 Å². The van der Waals surface area contributed by atoms with Crippen LogP contribution < -0.4 is 20.5 Å². The van der Waals surface area contributed by atoms with E-state index in [0.29, 0.717) is 11.4 Å². The van der Waals surface area contributed by atoms with Crippen molar-refractivity contribution in [3.8, 4) is 5.75 Å². The number of primary sulfonamides is 1. The van der Waals surface area contributed by atoms with E-state index < -0.39 is 16.1 Å². The summed E-state index contributed by atoms with van der Waals surface area (Å²) in [6.07, 6.45) is 0. The zero-order valence-electron chi connectivity index (χ0n) is 14.9. The van der Waals surface area contributed by atoms with Crippen molar-refractivity contribution < 1.29 is 17.9 Å². The summed E-state index contributed by atoms with van der Waals surface area (Å²) < 4.78 is 27.8. The van der Waals surface area contributed by atoms with E-state index in [4.69, 9.17) is 9.88 Å². The number of hydrogen-bond donors (Lipinski definition) is 3. The number of amides is 1. The summed E-state index contributed by atoms with van der Waals surface area (Å²) in [6.45, 7) is 3.64. The fourth-order valence-corrected chi connectivity index (χ4v) is 3.00. The smallest absolute Gasteiger partial charge is 0.241 e. The van der Waals surface area contributed by atoms with Crippen molar-refractivity contribution in [3.05, 3.63) is 54.1 Å². The summed E-state index contributed by atoms with van der Waals surface area (Å²) in [7, 11) is -2.18. The molecule has 26 heavy (non-hydrogen) atoms. The highest BCUT2D eigenvalue weighted by Gasteiger charge is 2.18. The molecular formula is C18H23N3O4S. The largest absolute Gasteiger partial charge is 0.495 e. The van der Waals surface area contributed by atoms with Crippen LogP contribution >= 0.6 is 0 Å². The lowest BCUT2D eigenvalue weighted by Gasteiger charge is -2.20. The van der Waals surface area contributed by atoms with Gasteiger partial charge in [0.05, 0.1) is 23.7 Å². The van der Waals surface area contributed by atoms with Gasteiger partial charge in [-0.05, 0) is 43.7 Å². The Kier molecular flexibility index (Phi) is 6.36. The third kappa shape index (κ3) is 5.04. The number of nitrogens with one attached hydrogen (secondary N) is 2. The number of hydrogen-bond acceptors (Lipinski definition) is 5. The molecule has 0 heterocycles. The first-order chi connectivity index (χ1) is 12.2. The first-order valence-electron chi connectivity index (χ1n) is 8.05. The molecule has 2 rings (SSSR count). The molecule has 2 aromatic rings. The van der Waals surface area contributed by atoms with Gasteiger partial charge in [0.2, 0.25) is 15.9 Å². The van der Waals surface area contributed by atoms with Gasteiger partial charge >= 0.3 is 0 Å². The second kappa shape index (κ2) is 8.31. The minimum absolute atomic E-state index is 0.0513. The first-order valence-corrected chi connectivity index (χ1v) is 9.59. The molecule has 8 heteroatoms. The van der Waals surface area contributed by atoms with Crippen molar-refractivity contribution >= 4 is 21.6 Å². The van der Waals surface area contributed by atoms with Crippen molar-refractivity contribution in [2.24, 2.45) is 5.14 Å². The van der Waals surface area contributed by atoms with Gasteiger partial charge in [-0.3, -0.25) is 10.1 Å². The number of benzene rings is 2. The van der Waals surface area contributed by atoms with Crippen LogP contribution in [-0.4, -0.2) is 27.5 Å². The van der Waals surface area contributed by atoms with Crippen molar-refractivity contribution in [2.75, 3.05) is 12.4 Å². The molecule has 2 atom stereocenters. The summed E-state index contributed by atoms with van der Waals surface area (Å²) in [4.78, 5) is 12.5. The number of methoxy groups -OCH3 is 1. The van der Waals surface area contributed by atoms with Crippen LogP contribution in [0, 0.1) is 0 Å². The first kappa shape index (κ1) is 19.9. The van der Waals surface area contributed by atoms with Gasteiger partial charge in [0.1, 0.15) is 5.75 Å². The van der Waals surface area contributed by atoms with E-state index in [1.807, 2.05) is 19.1 Å². The Morgan fingerprint density at radius 1 is 1.08 bits per heavy atom. The highest BCUT2D eigenvalue weighted by molar-refractivity contribution is 7.89. The maximum atomic E-state index is 12.4. The third-order valence-electron chi connectivity index (χ3n) is 3.97. The molecule has 7 nitrogen and oxygen atoms in total. The van der Waals surface area contributed by atoms with Crippen LogP contribution in [0.25, 0.3) is 0 Å². The van der Waals surface area contributed by atoms with Crippen molar-refractivity contribution in [1.29, 1.82) is 0 Å². The minimum atomic E-state index is -3.72. The molecule has 0 bridgehead atoms. The normalized spacial score (nSPS) is 13.7. The molecule has 0 aliphatic rings. The molecule has 0 aliphatic heterocycles. The molecule has 0 saturated carbocycles. The van der Waals surface area contributed by atoms with Gasteiger partial charge in [0.15, 0.2) is 0 Å². The fraction of sp³-hybridized carbons (Fsp3) is 0.278. The number of carbonyl (C=O) groups excluding carboxylic acids is 1. The standard InChI is InChI=1S/C18H23N3O4S/c1-12(14-8-10-15(11-9-14)26(19,23)24)20-13(2)18(22)21-16-6-4-5-7-17(16)25-3/h4-13,20H,1-3H3,(H,21,22)(H2,19,23,24)/t12-,13+/m0/s1. The van der Waals surface area contributed by atoms with E-state index in [2.05, 4.69) is 10.6 Å². The van der Waals surface area contributed by atoms with Gasteiger partial charge in [0, 0.05) is 6.04 Å². The fourth-order valence-electron chi connectivity index (χ4n) is 2.48. The number of rotatable bonds is 7. The Morgan fingerprint density at radius 3 is 2.27 bits per heavy atom. The lowest BCUT2D eigenvalue weighted by Crippen LogP contribution is -2.39. The quantitative estimate of drug-likeness (QED) is 0.684. The van der Waals surface area contributed by atoms with Crippen molar-refractivity contribution in [3.63, 3.8) is 0 Å². The maximum Gasteiger partial charge on any atom is 0.241 e. The Morgan fingerprint density at radius 2 is 1.69 bits per heavy atom. The zero-order chi connectivity index (χ0) is 19.3. The van der Waals surface area contributed by atoms with Gasteiger partial charge in [-0.1, -0.05) is 24.3 Å². The zero-order valence-corrected chi connectivity index (χ0v) is 15.7. The van der Waals surface area contributed by atoms with Crippen LogP contribution in [0.15, 0.2) is 53.4 Å². The number of anilines is 1. The molecule has 0 saturated heterocycles. The summed E-state index contributed by atoms with van der Waals surface area (Å²) in [5.74, 6) is 0.377. The van der Waals surface area contributed by atoms with Crippen LogP contribution in [0.1, 0.15) is 25.5 Å². The summed E-state index contributed by atoms with van der Waals surface area (Å²) in [6, 6.07) is 12.8. The van der Waals surface area contributed by atoms with Crippen LogP contribution in [-0.2, 0) is 14.8 Å². The summed E-state index contributed by atoms with van der Waals surface area (Å²) in [5, 5.41) is 11.1. The Hall–Kier alpha value is -2.42. The molecule has 0 spiro atoms. The number of ether oxygens (including phenoxy) is 1. The molecule has 0 aromatic heterocycles. The third-order valence-corrected chi connectivity index (χ3v) is 4.90. The molecule has 0 unspecified atom stereocenters. The van der Waals surface area contributed by atoms with Gasteiger partial charge in [-0.2, -0.15) is 0 Å². The van der Waals surface area contributed by atoms with Gasteiger partial charge < -0.3 is 10.1 Å². The highest BCUT2D eigenvalue weighted by Crippen LogP contribution is 2.23. The van der Waals surface area contributed by atoms with Gasteiger partial charge in [-0.25, -0.2) is 13.6 Å².